The zero-order chi connectivity index (χ0) is 13.9. The van der Waals surface area contributed by atoms with Gasteiger partial charge < -0.3 is 14.4 Å². The van der Waals surface area contributed by atoms with E-state index in [0.717, 1.165) is 35.6 Å². The van der Waals surface area contributed by atoms with Crippen LogP contribution in [-0.2, 0) is 0 Å². The number of rotatable bonds is 3. The molecule has 106 valence electrons. The SMILES string of the molecule is COc1nc(N2CCCCC2)c2c(OC)cccc2n1. The lowest BCUT2D eigenvalue weighted by Gasteiger charge is -2.29. The molecule has 0 atom stereocenters. The Morgan fingerprint density at radius 2 is 1.80 bits per heavy atom. The van der Waals surface area contributed by atoms with Crippen LogP contribution in [-0.4, -0.2) is 37.3 Å². The highest BCUT2D eigenvalue weighted by Gasteiger charge is 2.19. The smallest absolute Gasteiger partial charge is 0.318 e. The molecule has 2 heterocycles. The van der Waals surface area contributed by atoms with E-state index in [1.54, 1.807) is 14.2 Å². The summed E-state index contributed by atoms with van der Waals surface area (Å²) in [5.41, 5.74) is 0.858. The van der Waals surface area contributed by atoms with Gasteiger partial charge in [-0.1, -0.05) is 6.07 Å². The first-order valence-electron chi connectivity index (χ1n) is 6.97. The molecule has 1 aromatic heterocycles. The molecular weight excluding hydrogens is 254 g/mol. The highest BCUT2D eigenvalue weighted by atomic mass is 16.5. The maximum atomic E-state index is 5.48. The summed E-state index contributed by atoms with van der Waals surface area (Å²) in [6, 6.07) is 6.26. The number of benzene rings is 1. The van der Waals surface area contributed by atoms with Crippen LogP contribution < -0.4 is 14.4 Å². The van der Waals surface area contributed by atoms with Crippen LogP contribution in [0.3, 0.4) is 0 Å². The predicted molar refractivity (Wildman–Crippen MR) is 78.7 cm³/mol. The van der Waals surface area contributed by atoms with Crippen molar-refractivity contribution in [3.05, 3.63) is 18.2 Å². The molecule has 5 heteroatoms. The monoisotopic (exact) mass is 273 g/mol. The Balaban J connectivity index is 2.20. The Morgan fingerprint density at radius 3 is 2.50 bits per heavy atom. The van der Waals surface area contributed by atoms with Crippen LogP contribution in [0.25, 0.3) is 10.9 Å². The average Bonchev–Trinajstić information content (AvgIpc) is 2.53. The second-order valence-corrected chi connectivity index (χ2v) is 4.94. The van der Waals surface area contributed by atoms with Crippen molar-refractivity contribution in [2.45, 2.75) is 19.3 Å². The van der Waals surface area contributed by atoms with Gasteiger partial charge in [0.25, 0.3) is 0 Å². The summed E-state index contributed by atoms with van der Waals surface area (Å²) in [4.78, 5) is 11.3. The second kappa shape index (κ2) is 5.53. The average molecular weight is 273 g/mol. The Morgan fingerprint density at radius 1 is 1.00 bits per heavy atom. The van der Waals surface area contributed by atoms with Crippen LogP contribution in [0.2, 0.25) is 0 Å². The molecule has 0 unspecified atom stereocenters. The van der Waals surface area contributed by atoms with Gasteiger partial charge in [-0.2, -0.15) is 9.97 Å². The minimum atomic E-state index is 0.409. The van der Waals surface area contributed by atoms with Gasteiger partial charge in [-0.25, -0.2) is 0 Å². The molecule has 0 spiro atoms. The van der Waals surface area contributed by atoms with Crippen molar-refractivity contribution in [3.8, 4) is 11.8 Å². The van der Waals surface area contributed by atoms with Crippen LogP contribution in [0, 0.1) is 0 Å². The second-order valence-electron chi connectivity index (χ2n) is 4.94. The lowest BCUT2D eigenvalue weighted by atomic mass is 10.1. The highest BCUT2D eigenvalue weighted by molar-refractivity contribution is 5.95. The molecule has 0 amide bonds. The van der Waals surface area contributed by atoms with Crippen molar-refractivity contribution in [1.29, 1.82) is 0 Å². The van der Waals surface area contributed by atoms with Crippen LogP contribution in [0.5, 0.6) is 11.8 Å². The van der Waals surface area contributed by atoms with Gasteiger partial charge in [0.05, 0.1) is 25.1 Å². The third-order valence-electron chi connectivity index (χ3n) is 3.70. The topological polar surface area (TPSA) is 47.5 Å². The minimum Gasteiger partial charge on any atom is -0.496 e. The summed E-state index contributed by atoms with van der Waals surface area (Å²) >= 11 is 0. The van der Waals surface area contributed by atoms with E-state index in [0.29, 0.717) is 6.01 Å². The van der Waals surface area contributed by atoms with E-state index in [9.17, 15) is 0 Å². The molecule has 1 aliphatic heterocycles. The number of anilines is 1. The number of methoxy groups -OCH3 is 2. The first-order valence-corrected chi connectivity index (χ1v) is 6.97. The van der Waals surface area contributed by atoms with Gasteiger partial charge in [0.2, 0.25) is 0 Å². The van der Waals surface area contributed by atoms with Crippen molar-refractivity contribution in [2.75, 3.05) is 32.2 Å². The number of hydrogen-bond acceptors (Lipinski definition) is 5. The van der Waals surface area contributed by atoms with E-state index >= 15 is 0 Å². The van der Waals surface area contributed by atoms with Gasteiger partial charge in [0.1, 0.15) is 11.6 Å². The number of hydrogen-bond donors (Lipinski definition) is 0. The molecule has 0 radical (unpaired) electrons. The third-order valence-corrected chi connectivity index (χ3v) is 3.70. The van der Waals surface area contributed by atoms with Gasteiger partial charge in [0, 0.05) is 13.1 Å². The highest BCUT2D eigenvalue weighted by Crippen LogP contribution is 2.34. The first-order chi connectivity index (χ1) is 9.83. The fourth-order valence-corrected chi connectivity index (χ4v) is 2.71. The quantitative estimate of drug-likeness (QED) is 0.860. The zero-order valence-electron chi connectivity index (χ0n) is 11.9. The Hall–Kier alpha value is -2.04. The van der Waals surface area contributed by atoms with Gasteiger partial charge in [-0.05, 0) is 31.4 Å². The zero-order valence-corrected chi connectivity index (χ0v) is 11.9. The lowest BCUT2D eigenvalue weighted by Crippen LogP contribution is -2.30. The maximum Gasteiger partial charge on any atom is 0.318 e. The Bertz CT molecular complexity index is 609. The number of aromatic nitrogens is 2. The Kier molecular flexibility index (Phi) is 3.58. The van der Waals surface area contributed by atoms with Crippen LogP contribution in [0.1, 0.15) is 19.3 Å². The summed E-state index contributed by atoms with van der Waals surface area (Å²) in [6.07, 6.45) is 3.68. The molecule has 1 saturated heterocycles. The molecule has 0 bridgehead atoms. The molecule has 5 nitrogen and oxygen atoms in total. The summed E-state index contributed by atoms with van der Waals surface area (Å²) < 4.78 is 10.7. The van der Waals surface area contributed by atoms with Crippen LogP contribution >= 0.6 is 0 Å². The summed E-state index contributed by atoms with van der Waals surface area (Å²) in [5.74, 6) is 1.73. The predicted octanol–water partition coefficient (Wildman–Crippen LogP) is 2.64. The fraction of sp³-hybridized carbons (Fsp3) is 0.467. The minimum absolute atomic E-state index is 0.409. The van der Waals surface area contributed by atoms with E-state index in [1.807, 2.05) is 18.2 Å². The molecule has 0 saturated carbocycles. The molecule has 0 aliphatic carbocycles. The van der Waals surface area contributed by atoms with Crippen LogP contribution in [0.15, 0.2) is 18.2 Å². The van der Waals surface area contributed by atoms with Gasteiger partial charge in [-0.15, -0.1) is 0 Å². The van der Waals surface area contributed by atoms with Crippen molar-refractivity contribution >= 4 is 16.7 Å². The van der Waals surface area contributed by atoms with Crippen molar-refractivity contribution in [1.82, 2.24) is 9.97 Å². The van der Waals surface area contributed by atoms with Gasteiger partial charge in [-0.3, -0.25) is 0 Å². The van der Waals surface area contributed by atoms with Crippen LogP contribution in [0.4, 0.5) is 5.82 Å². The third kappa shape index (κ3) is 2.24. The van der Waals surface area contributed by atoms with E-state index in [4.69, 9.17) is 9.47 Å². The van der Waals surface area contributed by atoms with Crippen molar-refractivity contribution in [2.24, 2.45) is 0 Å². The molecule has 1 aliphatic rings. The van der Waals surface area contributed by atoms with Crippen molar-refractivity contribution in [3.63, 3.8) is 0 Å². The first kappa shape index (κ1) is 13.0. The number of nitrogens with zero attached hydrogens (tertiary/aromatic N) is 3. The molecule has 1 fully saturated rings. The standard InChI is InChI=1S/C15H19N3O2/c1-19-12-8-6-7-11-13(12)14(17-15(16-11)20-2)18-9-4-3-5-10-18/h6-8H,3-5,9-10H2,1-2H3. The molecule has 0 N–H and O–H groups in total. The van der Waals surface area contributed by atoms with E-state index in [2.05, 4.69) is 14.9 Å². The number of ether oxygens (including phenoxy) is 2. The fourth-order valence-electron chi connectivity index (χ4n) is 2.71. The Labute approximate surface area is 118 Å². The van der Waals surface area contributed by atoms with Gasteiger partial charge >= 0.3 is 6.01 Å². The molecule has 1 aromatic carbocycles. The molecule has 2 aromatic rings. The molecule has 20 heavy (non-hydrogen) atoms. The summed E-state index contributed by atoms with van der Waals surface area (Å²) in [6.45, 7) is 2.04. The molecule has 3 rings (SSSR count). The summed E-state index contributed by atoms with van der Waals surface area (Å²) in [7, 11) is 3.28. The number of fused-ring (bicyclic) bond motifs is 1. The van der Waals surface area contributed by atoms with Gasteiger partial charge in [0.15, 0.2) is 0 Å². The summed E-state index contributed by atoms with van der Waals surface area (Å²) in [5, 5.41) is 0.970. The normalized spacial score (nSPS) is 15.4. The molecular formula is C15H19N3O2. The van der Waals surface area contributed by atoms with E-state index in [-0.39, 0.29) is 0 Å². The maximum absolute atomic E-state index is 5.48. The largest absolute Gasteiger partial charge is 0.496 e. The lowest BCUT2D eigenvalue weighted by molar-refractivity contribution is 0.381. The van der Waals surface area contributed by atoms with Crippen molar-refractivity contribution < 1.29 is 9.47 Å². The number of piperidine rings is 1. The van der Waals surface area contributed by atoms with E-state index in [1.165, 1.54) is 19.3 Å². The van der Waals surface area contributed by atoms with E-state index < -0.39 is 0 Å².